The van der Waals surface area contributed by atoms with Gasteiger partial charge in [0, 0.05) is 31.7 Å². The highest BCUT2D eigenvalue weighted by molar-refractivity contribution is 5.37. The fourth-order valence-electron chi connectivity index (χ4n) is 2.37. The summed E-state index contributed by atoms with van der Waals surface area (Å²) in [6.45, 7) is 2.41. The van der Waals surface area contributed by atoms with Crippen molar-refractivity contribution in [3.63, 3.8) is 0 Å². The third-order valence-corrected chi connectivity index (χ3v) is 3.30. The van der Waals surface area contributed by atoms with Crippen molar-refractivity contribution >= 4 is 0 Å². The van der Waals surface area contributed by atoms with E-state index in [2.05, 4.69) is 5.32 Å². The number of alkyl halides is 1. The molecule has 18 heavy (non-hydrogen) atoms. The van der Waals surface area contributed by atoms with Gasteiger partial charge in [-0.05, 0) is 12.1 Å². The Hall–Kier alpha value is -1.20. The van der Waals surface area contributed by atoms with Gasteiger partial charge in [0.1, 0.15) is 18.2 Å². The average molecular weight is 256 g/mol. The Morgan fingerprint density at radius 3 is 2.72 bits per heavy atom. The van der Waals surface area contributed by atoms with Crippen LogP contribution in [0.5, 0.6) is 5.75 Å². The molecule has 1 aromatic rings. The van der Waals surface area contributed by atoms with E-state index in [1.165, 1.54) is 13.2 Å². The van der Waals surface area contributed by atoms with E-state index in [4.69, 9.17) is 4.74 Å². The molecule has 0 bridgehead atoms. The third-order valence-electron chi connectivity index (χ3n) is 3.30. The Morgan fingerprint density at radius 2 is 2.11 bits per heavy atom. The molecule has 100 valence electrons. The molecule has 0 radical (unpaired) electrons. The standard InChI is InChI=1S/C13H18F2N2O/c1-18-12-4-2-3-10(15)13(12)11(9-14)17-7-5-16-6-8-17/h2-4,11,16H,5-9H2,1H3/t11-/m0/s1. The van der Waals surface area contributed by atoms with Gasteiger partial charge in [0.25, 0.3) is 0 Å². The van der Waals surface area contributed by atoms with E-state index in [0.29, 0.717) is 24.4 Å². The minimum Gasteiger partial charge on any atom is -0.496 e. The van der Waals surface area contributed by atoms with Crippen molar-refractivity contribution in [3.8, 4) is 5.75 Å². The second-order valence-electron chi connectivity index (χ2n) is 4.31. The number of hydrogen-bond donors (Lipinski definition) is 1. The lowest BCUT2D eigenvalue weighted by molar-refractivity contribution is 0.142. The first-order valence-corrected chi connectivity index (χ1v) is 6.11. The lowest BCUT2D eigenvalue weighted by Crippen LogP contribution is -2.46. The third kappa shape index (κ3) is 2.62. The molecule has 0 aromatic heterocycles. The van der Waals surface area contributed by atoms with Crippen LogP contribution in [0.25, 0.3) is 0 Å². The number of hydrogen-bond acceptors (Lipinski definition) is 3. The summed E-state index contributed by atoms with van der Waals surface area (Å²) in [4.78, 5) is 1.96. The highest BCUT2D eigenvalue weighted by Gasteiger charge is 2.27. The van der Waals surface area contributed by atoms with E-state index in [-0.39, 0.29) is 0 Å². The van der Waals surface area contributed by atoms with Crippen molar-refractivity contribution in [2.75, 3.05) is 40.0 Å². The molecule has 5 heteroatoms. The van der Waals surface area contributed by atoms with Crippen LogP contribution in [0.4, 0.5) is 8.78 Å². The van der Waals surface area contributed by atoms with Gasteiger partial charge in [0.05, 0.1) is 13.2 Å². The minimum atomic E-state index is -0.614. The van der Waals surface area contributed by atoms with E-state index < -0.39 is 18.5 Å². The number of piperazine rings is 1. The molecular formula is C13H18F2N2O. The van der Waals surface area contributed by atoms with Gasteiger partial charge in [-0.3, -0.25) is 4.90 Å². The molecule has 0 spiro atoms. The van der Waals surface area contributed by atoms with Gasteiger partial charge >= 0.3 is 0 Å². The first-order valence-electron chi connectivity index (χ1n) is 6.11. The molecule has 1 aromatic carbocycles. The molecule has 1 N–H and O–H groups in total. The van der Waals surface area contributed by atoms with E-state index in [0.717, 1.165) is 13.1 Å². The van der Waals surface area contributed by atoms with Crippen molar-refractivity contribution in [1.82, 2.24) is 10.2 Å². The van der Waals surface area contributed by atoms with Crippen LogP contribution in [0.15, 0.2) is 18.2 Å². The quantitative estimate of drug-likeness (QED) is 0.888. The van der Waals surface area contributed by atoms with Crippen LogP contribution in [0.3, 0.4) is 0 Å². The summed E-state index contributed by atoms with van der Waals surface area (Å²) < 4.78 is 32.4. The maximum Gasteiger partial charge on any atom is 0.131 e. The van der Waals surface area contributed by atoms with Crippen molar-refractivity contribution < 1.29 is 13.5 Å². The molecule has 3 nitrogen and oxygen atoms in total. The number of ether oxygens (including phenoxy) is 1. The number of methoxy groups -OCH3 is 1. The Kier molecular flexibility index (Phi) is 4.49. The summed E-state index contributed by atoms with van der Waals surface area (Å²) in [5.41, 5.74) is 0.324. The van der Waals surface area contributed by atoms with Gasteiger partial charge in [-0.25, -0.2) is 8.78 Å². The zero-order valence-electron chi connectivity index (χ0n) is 10.5. The predicted molar refractivity (Wildman–Crippen MR) is 66.1 cm³/mol. The fourth-order valence-corrected chi connectivity index (χ4v) is 2.37. The predicted octanol–water partition coefficient (Wildman–Crippen LogP) is 1.75. The van der Waals surface area contributed by atoms with Crippen LogP contribution >= 0.6 is 0 Å². The van der Waals surface area contributed by atoms with E-state index in [1.807, 2.05) is 4.90 Å². The van der Waals surface area contributed by atoms with E-state index >= 15 is 0 Å². The molecule has 0 saturated carbocycles. The summed E-state index contributed by atoms with van der Waals surface area (Å²) in [7, 11) is 1.48. The first kappa shape index (κ1) is 13.2. The topological polar surface area (TPSA) is 24.5 Å². The van der Waals surface area contributed by atoms with E-state index in [9.17, 15) is 8.78 Å². The molecule has 1 saturated heterocycles. The highest BCUT2D eigenvalue weighted by Crippen LogP contribution is 2.32. The maximum absolute atomic E-state index is 13.9. The number of rotatable bonds is 4. The van der Waals surface area contributed by atoms with Crippen LogP contribution in [-0.4, -0.2) is 44.9 Å². The largest absolute Gasteiger partial charge is 0.496 e. The van der Waals surface area contributed by atoms with Gasteiger partial charge in [0.15, 0.2) is 0 Å². The number of nitrogens with zero attached hydrogens (tertiary/aromatic N) is 1. The lowest BCUT2D eigenvalue weighted by atomic mass is 10.0. The molecule has 1 atom stereocenters. The van der Waals surface area contributed by atoms with Crippen molar-refractivity contribution in [1.29, 1.82) is 0 Å². The average Bonchev–Trinajstić information content (AvgIpc) is 2.42. The molecule has 0 amide bonds. The molecule has 1 aliphatic heterocycles. The maximum atomic E-state index is 13.9. The number of benzene rings is 1. The van der Waals surface area contributed by atoms with Crippen molar-refractivity contribution in [2.24, 2.45) is 0 Å². The summed E-state index contributed by atoms with van der Waals surface area (Å²) in [5, 5.41) is 3.20. The molecule has 1 aliphatic rings. The summed E-state index contributed by atoms with van der Waals surface area (Å²) in [6.07, 6.45) is 0. The monoisotopic (exact) mass is 256 g/mol. The SMILES string of the molecule is COc1cccc(F)c1[C@H](CF)N1CCNCC1. The summed E-state index contributed by atoms with van der Waals surface area (Å²) >= 11 is 0. The molecule has 1 fully saturated rings. The van der Waals surface area contributed by atoms with Crippen molar-refractivity contribution in [2.45, 2.75) is 6.04 Å². The molecule has 0 unspecified atom stereocenters. The Balaban J connectivity index is 2.31. The van der Waals surface area contributed by atoms with Gasteiger partial charge in [-0.1, -0.05) is 6.07 Å². The van der Waals surface area contributed by atoms with Gasteiger partial charge in [0.2, 0.25) is 0 Å². The lowest BCUT2D eigenvalue weighted by Gasteiger charge is -2.34. The zero-order valence-corrected chi connectivity index (χ0v) is 10.5. The van der Waals surface area contributed by atoms with Crippen LogP contribution in [0, 0.1) is 5.82 Å². The summed E-state index contributed by atoms with van der Waals surface area (Å²) in [5.74, 6) is 0.00622. The second-order valence-corrected chi connectivity index (χ2v) is 4.31. The second kappa shape index (κ2) is 6.11. The summed E-state index contributed by atoms with van der Waals surface area (Å²) in [6, 6.07) is 4.03. The smallest absolute Gasteiger partial charge is 0.131 e. The Morgan fingerprint density at radius 1 is 1.39 bits per heavy atom. The van der Waals surface area contributed by atoms with Gasteiger partial charge < -0.3 is 10.1 Å². The van der Waals surface area contributed by atoms with Crippen LogP contribution in [0.2, 0.25) is 0 Å². The van der Waals surface area contributed by atoms with Crippen LogP contribution in [-0.2, 0) is 0 Å². The van der Waals surface area contributed by atoms with Crippen LogP contribution < -0.4 is 10.1 Å². The molecule has 1 heterocycles. The Bertz CT molecular complexity index is 395. The number of halogens is 2. The normalized spacial score (nSPS) is 18.6. The molecular weight excluding hydrogens is 238 g/mol. The Labute approximate surface area is 106 Å². The van der Waals surface area contributed by atoms with E-state index in [1.54, 1.807) is 12.1 Å². The van der Waals surface area contributed by atoms with Gasteiger partial charge in [-0.15, -0.1) is 0 Å². The molecule has 0 aliphatic carbocycles. The highest BCUT2D eigenvalue weighted by atomic mass is 19.1. The van der Waals surface area contributed by atoms with Crippen LogP contribution in [0.1, 0.15) is 11.6 Å². The first-order chi connectivity index (χ1) is 8.77. The van der Waals surface area contributed by atoms with Crippen molar-refractivity contribution in [3.05, 3.63) is 29.6 Å². The minimum absolute atomic E-state index is 0.324. The number of nitrogens with one attached hydrogen (secondary N) is 1. The molecule has 2 rings (SSSR count). The zero-order chi connectivity index (χ0) is 13.0. The van der Waals surface area contributed by atoms with Gasteiger partial charge in [-0.2, -0.15) is 0 Å². The fraction of sp³-hybridized carbons (Fsp3) is 0.538.